The van der Waals surface area contributed by atoms with Crippen LogP contribution in [0.2, 0.25) is 0 Å². The molecule has 148 valence electrons. The lowest BCUT2D eigenvalue weighted by Gasteiger charge is -2.39. The van der Waals surface area contributed by atoms with E-state index in [2.05, 4.69) is 25.7 Å². The summed E-state index contributed by atoms with van der Waals surface area (Å²) >= 11 is 0. The number of aliphatic carboxylic acids is 1. The maximum atomic E-state index is 12.8. The lowest BCUT2D eigenvalue weighted by atomic mass is 9.63. The lowest BCUT2D eigenvalue weighted by Crippen LogP contribution is -2.45. The van der Waals surface area contributed by atoms with Crippen molar-refractivity contribution in [2.75, 3.05) is 19.6 Å². The Morgan fingerprint density at radius 2 is 1.37 bits per heavy atom. The fourth-order valence-electron chi connectivity index (χ4n) is 4.07. The van der Waals surface area contributed by atoms with Gasteiger partial charge in [0, 0.05) is 0 Å². The van der Waals surface area contributed by atoms with Crippen LogP contribution in [0.4, 0.5) is 0 Å². The second kappa shape index (κ2) is 11.1. The Bertz CT molecular complexity index is 632. The molecule has 0 aliphatic rings. The van der Waals surface area contributed by atoms with Crippen LogP contribution in [-0.2, 0) is 10.2 Å². The zero-order valence-corrected chi connectivity index (χ0v) is 17.4. The summed E-state index contributed by atoms with van der Waals surface area (Å²) in [6, 6.07) is 19.5. The van der Waals surface area contributed by atoms with Gasteiger partial charge in [-0.2, -0.15) is 0 Å². The minimum Gasteiger partial charge on any atom is -0.480 e. The van der Waals surface area contributed by atoms with E-state index in [0.717, 1.165) is 43.6 Å². The molecule has 0 aromatic heterocycles. The molecule has 0 saturated heterocycles. The molecule has 0 fully saturated rings. The Hall–Kier alpha value is -1.84. The summed E-state index contributed by atoms with van der Waals surface area (Å²) in [5.74, 6) is -0.744. The smallest absolute Gasteiger partial charge is 0.318 e. The molecule has 2 aromatic rings. The highest BCUT2D eigenvalue weighted by atomic mass is 35.5. The molecule has 0 bridgehead atoms. The Labute approximate surface area is 169 Å². The SMILES string of the molecule is CCC(CCN(CC)CC)C(C(=O)O)(c1ccccc1)c1ccccc1.Cl. The number of halogens is 1. The first-order valence-corrected chi connectivity index (χ1v) is 9.67. The number of nitrogens with zero attached hydrogens (tertiary/aromatic N) is 1. The molecular weight excluding hydrogens is 358 g/mol. The fourth-order valence-corrected chi connectivity index (χ4v) is 4.07. The van der Waals surface area contributed by atoms with Crippen molar-refractivity contribution in [1.82, 2.24) is 4.90 Å². The Kier molecular flexibility index (Phi) is 9.54. The van der Waals surface area contributed by atoms with Crippen molar-refractivity contribution < 1.29 is 9.90 Å². The number of rotatable bonds is 10. The zero-order valence-electron chi connectivity index (χ0n) is 16.6. The van der Waals surface area contributed by atoms with Crippen LogP contribution >= 0.6 is 12.4 Å². The average molecular weight is 390 g/mol. The van der Waals surface area contributed by atoms with Crippen molar-refractivity contribution in [3.8, 4) is 0 Å². The topological polar surface area (TPSA) is 40.5 Å². The van der Waals surface area contributed by atoms with Crippen LogP contribution in [0.5, 0.6) is 0 Å². The second-order valence-corrected chi connectivity index (χ2v) is 6.77. The average Bonchev–Trinajstić information content (AvgIpc) is 2.69. The molecule has 0 aliphatic carbocycles. The van der Waals surface area contributed by atoms with Gasteiger partial charge >= 0.3 is 5.97 Å². The van der Waals surface area contributed by atoms with Crippen molar-refractivity contribution in [2.24, 2.45) is 5.92 Å². The second-order valence-electron chi connectivity index (χ2n) is 6.77. The van der Waals surface area contributed by atoms with E-state index >= 15 is 0 Å². The van der Waals surface area contributed by atoms with Crippen LogP contribution in [0.25, 0.3) is 0 Å². The van der Waals surface area contributed by atoms with Gasteiger partial charge in [-0.15, -0.1) is 12.4 Å². The van der Waals surface area contributed by atoms with Gasteiger partial charge in [-0.1, -0.05) is 87.9 Å². The highest BCUT2D eigenvalue weighted by Gasteiger charge is 2.47. The third kappa shape index (κ3) is 4.91. The van der Waals surface area contributed by atoms with E-state index in [0.29, 0.717) is 0 Å². The summed E-state index contributed by atoms with van der Waals surface area (Å²) in [7, 11) is 0. The summed E-state index contributed by atoms with van der Waals surface area (Å²) in [4.78, 5) is 15.2. The molecule has 0 amide bonds. The Morgan fingerprint density at radius 1 is 0.926 bits per heavy atom. The van der Waals surface area contributed by atoms with Crippen molar-refractivity contribution in [1.29, 1.82) is 0 Å². The van der Waals surface area contributed by atoms with Gasteiger partial charge in [0.15, 0.2) is 0 Å². The quantitative estimate of drug-likeness (QED) is 0.604. The molecule has 4 heteroatoms. The molecule has 0 saturated carbocycles. The number of carboxylic acids is 1. The van der Waals surface area contributed by atoms with E-state index in [9.17, 15) is 9.90 Å². The highest BCUT2D eigenvalue weighted by molar-refractivity contribution is 5.86. The zero-order chi connectivity index (χ0) is 19.0. The van der Waals surface area contributed by atoms with Gasteiger partial charge in [0.2, 0.25) is 0 Å². The minimum atomic E-state index is -1.02. The lowest BCUT2D eigenvalue weighted by molar-refractivity contribution is -0.144. The minimum absolute atomic E-state index is 0. The predicted octanol–water partition coefficient (Wildman–Crippen LogP) is 5.24. The number of hydrogen-bond donors (Lipinski definition) is 1. The molecule has 3 nitrogen and oxygen atoms in total. The molecule has 0 aliphatic heterocycles. The number of carboxylic acid groups (broad SMARTS) is 1. The van der Waals surface area contributed by atoms with Gasteiger partial charge in [0.25, 0.3) is 0 Å². The molecule has 2 rings (SSSR count). The maximum absolute atomic E-state index is 12.8. The molecule has 0 heterocycles. The van der Waals surface area contributed by atoms with Gasteiger partial charge in [-0.05, 0) is 43.1 Å². The van der Waals surface area contributed by atoms with Gasteiger partial charge in [-0.25, -0.2) is 0 Å². The van der Waals surface area contributed by atoms with Gasteiger partial charge < -0.3 is 10.0 Å². The van der Waals surface area contributed by atoms with Crippen LogP contribution in [-0.4, -0.2) is 35.6 Å². The first kappa shape index (κ1) is 23.2. The third-order valence-corrected chi connectivity index (χ3v) is 5.59. The summed E-state index contributed by atoms with van der Waals surface area (Å²) < 4.78 is 0. The van der Waals surface area contributed by atoms with Crippen LogP contribution in [0, 0.1) is 5.92 Å². The van der Waals surface area contributed by atoms with Crippen molar-refractivity contribution in [3.63, 3.8) is 0 Å². The summed E-state index contributed by atoms with van der Waals surface area (Å²) in [5, 5.41) is 10.5. The van der Waals surface area contributed by atoms with E-state index < -0.39 is 11.4 Å². The number of benzene rings is 2. The van der Waals surface area contributed by atoms with Crippen molar-refractivity contribution in [2.45, 2.75) is 39.0 Å². The number of hydrogen-bond acceptors (Lipinski definition) is 2. The van der Waals surface area contributed by atoms with Crippen LogP contribution < -0.4 is 0 Å². The van der Waals surface area contributed by atoms with E-state index in [-0.39, 0.29) is 18.3 Å². The summed E-state index contributed by atoms with van der Waals surface area (Å²) in [6.45, 7) is 9.32. The third-order valence-electron chi connectivity index (χ3n) is 5.59. The largest absolute Gasteiger partial charge is 0.480 e. The van der Waals surface area contributed by atoms with Crippen LogP contribution in [0.1, 0.15) is 44.7 Å². The van der Waals surface area contributed by atoms with Crippen LogP contribution in [0.3, 0.4) is 0 Å². The molecule has 1 unspecified atom stereocenters. The predicted molar refractivity (Wildman–Crippen MR) is 115 cm³/mol. The maximum Gasteiger partial charge on any atom is 0.318 e. The molecule has 0 radical (unpaired) electrons. The van der Waals surface area contributed by atoms with Gasteiger partial charge in [0.05, 0.1) is 0 Å². The van der Waals surface area contributed by atoms with Gasteiger partial charge in [-0.3, -0.25) is 4.79 Å². The summed E-state index contributed by atoms with van der Waals surface area (Å²) in [5.41, 5.74) is 0.708. The van der Waals surface area contributed by atoms with Crippen molar-refractivity contribution >= 4 is 18.4 Å². The van der Waals surface area contributed by atoms with E-state index in [1.807, 2.05) is 60.7 Å². The van der Waals surface area contributed by atoms with Crippen LogP contribution in [0.15, 0.2) is 60.7 Å². The molecular formula is C23H32ClNO2. The molecule has 27 heavy (non-hydrogen) atoms. The van der Waals surface area contributed by atoms with E-state index in [1.54, 1.807) is 0 Å². The molecule has 1 atom stereocenters. The first-order chi connectivity index (χ1) is 12.6. The monoisotopic (exact) mass is 389 g/mol. The molecule has 1 N–H and O–H groups in total. The summed E-state index contributed by atoms with van der Waals surface area (Å²) in [6.07, 6.45) is 1.67. The molecule has 2 aromatic carbocycles. The van der Waals surface area contributed by atoms with Gasteiger partial charge in [0.1, 0.15) is 5.41 Å². The normalized spacial score (nSPS) is 12.4. The Balaban J connectivity index is 0.00000364. The first-order valence-electron chi connectivity index (χ1n) is 9.67. The van der Waals surface area contributed by atoms with E-state index in [1.165, 1.54) is 0 Å². The highest BCUT2D eigenvalue weighted by Crippen LogP contribution is 2.43. The Morgan fingerprint density at radius 3 is 1.70 bits per heavy atom. The number of carbonyl (C=O) groups is 1. The fraction of sp³-hybridized carbons (Fsp3) is 0.435. The molecule has 0 spiro atoms. The standard InChI is InChI=1S/C23H31NO2.ClH/c1-4-19(17-18-24(5-2)6-3)23(22(25)26,20-13-9-7-10-14-20)21-15-11-8-12-16-21;/h7-16,19H,4-6,17-18H2,1-3H3,(H,25,26);1H. The van der Waals surface area contributed by atoms with Crippen molar-refractivity contribution in [3.05, 3.63) is 71.8 Å². The van der Waals surface area contributed by atoms with E-state index in [4.69, 9.17) is 0 Å².